The van der Waals surface area contributed by atoms with E-state index in [9.17, 15) is 4.79 Å². The van der Waals surface area contributed by atoms with E-state index in [1.165, 1.54) is 148 Å². The van der Waals surface area contributed by atoms with Crippen molar-refractivity contribution in [3.8, 4) is 0 Å². The van der Waals surface area contributed by atoms with Crippen LogP contribution < -0.4 is 0 Å². The van der Waals surface area contributed by atoms with Gasteiger partial charge < -0.3 is 4.79 Å². The Bertz CT molecular complexity index is 489. The number of hydrogen-bond donors (Lipinski definition) is 0. The third-order valence-electron chi connectivity index (χ3n) is 10.3. The van der Waals surface area contributed by atoms with Crippen molar-refractivity contribution in [2.75, 3.05) is 0 Å². The van der Waals surface area contributed by atoms with E-state index in [1.54, 1.807) is 0 Å². The van der Waals surface area contributed by atoms with E-state index >= 15 is 0 Å². The van der Waals surface area contributed by atoms with Gasteiger partial charge in [-0.1, -0.05) is 104 Å². The summed E-state index contributed by atoms with van der Waals surface area (Å²) >= 11 is 0. The zero-order valence-corrected chi connectivity index (χ0v) is 21.9. The molecule has 0 spiro atoms. The molecule has 1 unspecified atom stereocenters. The molecule has 1 nitrogen and oxygen atoms in total. The normalized spacial score (nSPS) is 33.1. The highest BCUT2D eigenvalue weighted by atomic mass is 16.1. The van der Waals surface area contributed by atoms with Crippen LogP contribution >= 0.6 is 0 Å². The summed E-state index contributed by atoms with van der Waals surface area (Å²) in [5.74, 6) is 3.80. The van der Waals surface area contributed by atoms with Crippen LogP contribution in [0.15, 0.2) is 0 Å². The van der Waals surface area contributed by atoms with Crippen LogP contribution in [0.3, 0.4) is 0 Å². The minimum atomic E-state index is 0.363. The molecule has 0 aromatic rings. The number of carbonyl (C=O) groups is 1. The first-order valence-electron chi connectivity index (χ1n) is 15.2. The number of rotatable bonds is 13. The number of aldehydes is 1. The lowest BCUT2D eigenvalue weighted by molar-refractivity contribution is -0.125. The average Bonchev–Trinajstić information content (AvgIpc) is 2.85. The highest BCUT2D eigenvalue weighted by molar-refractivity contribution is 5.56. The topological polar surface area (TPSA) is 17.1 Å². The van der Waals surface area contributed by atoms with Gasteiger partial charge in [0, 0.05) is 5.92 Å². The molecule has 0 amide bonds. The van der Waals surface area contributed by atoms with Gasteiger partial charge in [0.2, 0.25) is 0 Å². The summed E-state index contributed by atoms with van der Waals surface area (Å²) < 4.78 is 0. The lowest BCUT2D eigenvalue weighted by Gasteiger charge is -2.53. The lowest BCUT2D eigenvalue weighted by Crippen LogP contribution is -2.46. The first-order chi connectivity index (χ1) is 15.7. The largest absolute Gasteiger partial charge is 0.303 e. The van der Waals surface area contributed by atoms with Gasteiger partial charge in [0.25, 0.3) is 0 Å². The van der Waals surface area contributed by atoms with E-state index in [0.717, 1.165) is 17.8 Å². The molecule has 3 fully saturated rings. The first-order valence-corrected chi connectivity index (χ1v) is 15.2. The van der Waals surface area contributed by atoms with Crippen LogP contribution in [0.25, 0.3) is 0 Å². The van der Waals surface area contributed by atoms with Gasteiger partial charge in [0.05, 0.1) is 0 Å². The van der Waals surface area contributed by atoms with Crippen LogP contribution in [0, 0.1) is 35.0 Å². The molecule has 1 atom stereocenters. The minimum Gasteiger partial charge on any atom is -0.303 e. The Labute approximate surface area is 201 Å². The average molecular weight is 445 g/mol. The fraction of sp³-hybridized carbons (Fsp3) is 0.968. The molecule has 3 aliphatic carbocycles. The molecule has 0 bridgehead atoms. The maximum absolute atomic E-state index is 12.8. The minimum absolute atomic E-state index is 0.363. The van der Waals surface area contributed by atoms with Gasteiger partial charge in [0.15, 0.2) is 0 Å². The van der Waals surface area contributed by atoms with Crippen molar-refractivity contribution >= 4 is 6.29 Å². The smallest absolute Gasteiger partial charge is 0.123 e. The standard InChI is InChI=1S/C31H56O/c1-3-5-7-10-14-27-21-23-31(24-22-27,29-15-11-8-12-16-29)30(25-32)28-19-17-26(18-20-28)13-9-6-4-2/h25-30H,3-24H2,1-2H3. The van der Waals surface area contributed by atoms with E-state index in [-0.39, 0.29) is 0 Å². The van der Waals surface area contributed by atoms with Crippen molar-refractivity contribution in [3.05, 3.63) is 0 Å². The molecule has 0 N–H and O–H groups in total. The Morgan fingerprint density at radius 1 is 0.688 bits per heavy atom. The van der Waals surface area contributed by atoms with E-state index < -0.39 is 0 Å². The molecule has 32 heavy (non-hydrogen) atoms. The van der Waals surface area contributed by atoms with Crippen molar-refractivity contribution in [1.29, 1.82) is 0 Å². The van der Waals surface area contributed by atoms with Crippen molar-refractivity contribution < 1.29 is 4.79 Å². The highest BCUT2D eigenvalue weighted by Crippen LogP contribution is 2.57. The Morgan fingerprint density at radius 3 is 1.84 bits per heavy atom. The van der Waals surface area contributed by atoms with Crippen LogP contribution in [0.2, 0.25) is 0 Å². The van der Waals surface area contributed by atoms with Crippen LogP contribution in [0.5, 0.6) is 0 Å². The molecular formula is C31H56O. The van der Waals surface area contributed by atoms with Gasteiger partial charge in [0.1, 0.15) is 6.29 Å². The molecule has 3 rings (SSSR count). The van der Waals surface area contributed by atoms with Crippen LogP contribution in [-0.4, -0.2) is 6.29 Å². The maximum atomic E-state index is 12.8. The first kappa shape index (κ1) is 26.3. The fourth-order valence-corrected chi connectivity index (χ4v) is 8.29. The molecule has 0 aromatic heterocycles. The second kappa shape index (κ2) is 14.2. The van der Waals surface area contributed by atoms with Crippen molar-refractivity contribution in [2.45, 2.75) is 155 Å². The monoisotopic (exact) mass is 444 g/mol. The zero-order chi connectivity index (χ0) is 22.7. The maximum Gasteiger partial charge on any atom is 0.123 e. The Morgan fingerprint density at radius 2 is 1.25 bits per heavy atom. The summed E-state index contributed by atoms with van der Waals surface area (Å²) in [6, 6.07) is 0. The summed E-state index contributed by atoms with van der Waals surface area (Å²) in [6.45, 7) is 4.63. The number of unbranched alkanes of at least 4 members (excludes halogenated alkanes) is 5. The molecule has 0 radical (unpaired) electrons. The molecule has 3 aliphatic rings. The Kier molecular flexibility index (Phi) is 11.6. The van der Waals surface area contributed by atoms with Gasteiger partial charge in [-0.25, -0.2) is 0 Å². The van der Waals surface area contributed by atoms with Crippen LogP contribution in [-0.2, 0) is 4.79 Å². The summed E-state index contributed by atoms with van der Waals surface area (Å²) in [5, 5.41) is 0. The molecule has 3 saturated carbocycles. The molecular weight excluding hydrogens is 388 g/mol. The van der Waals surface area contributed by atoms with E-state index in [1.807, 2.05) is 0 Å². The van der Waals surface area contributed by atoms with Crippen LogP contribution in [0.1, 0.15) is 155 Å². The molecule has 0 saturated heterocycles. The summed E-state index contributed by atoms with van der Waals surface area (Å²) in [5.41, 5.74) is 0.363. The molecule has 1 heteroatoms. The second-order valence-electron chi connectivity index (χ2n) is 12.3. The van der Waals surface area contributed by atoms with Gasteiger partial charge in [-0.05, 0) is 80.5 Å². The molecule has 186 valence electrons. The molecule has 0 heterocycles. The molecule has 0 aromatic carbocycles. The van der Waals surface area contributed by atoms with Gasteiger partial charge in [-0.3, -0.25) is 0 Å². The number of carbonyl (C=O) groups excluding carboxylic acids is 1. The van der Waals surface area contributed by atoms with E-state index in [0.29, 0.717) is 17.3 Å². The summed E-state index contributed by atoms with van der Waals surface area (Å²) in [7, 11) is 0. The predicted octanol–water partition coefficient (Wildman–Crippen LogP) is 9.92. The Hall–Kier alpha value is -0.330. The van der Waals surface area contributed by atoms with Gasteiger partial charge in [-0.15, -0.1) is 0 Å². The quantitative estimate of drug-likeness (QED) is 0.204. The predicted molar refractivity (Wildman–Crippen MR) is 139 cm³/mol. The van der Waals surface area contributed by atoms with Gasteiger partial charge >= 0.3 is 0 Å². The van der Waals surface area contributed by atoms with Crippen molar-refractivity contribution in [2.24, 2.45) is 35.0 Å². The molecule has 0 aliphatic heterocycles. The van der Waals surface area contributed by atoms with Crippen molar-refractivity contribution in [3.63, 3.8) is 0 Å². The second-order valence-corrected chi connectivity index (χ2v) is 12.3. The van der Waals surface area contributed by atoms with Crippen molar-refractivity contribution in [1.82, 2.24) is 0 Å². The third-order valence-corrected chi connectivity index (χ3v) is 10.3. The van der Waals surface area contributed by atoms with Gasteiger partial charge in [-0.2, -0.15) is 0 Å². The SMILES string of the molecule is CCCCCCC1CCC(C2CCCCC2)(C(C=O)C2CCC(CCCCC)CC2)CC1. The van der Waals surface area contributed by atoms with E-state index in [2.05, 4.69) is 13.8 Å². The third kappa shape index (κ3) is 7.09. The summed E-state index contributed by atoms with van der Waals surface area (Å²) in [4.78, 5) is 12.8. The van der Waals surface area contributed by atoms with Crippen LogP contribution in [0.4, 0.5) is 0 Å². The number of hydrogen-bond acceptors (Lipinski definition) is 1. The Balaban J connectivity index is 1.61. The fourth-order valence-electron chi connectivity index (χ4n) is 8.29. The highest BCUT2D eigenvalue weighted by Gasteiger charge is 2.49. The lowest BCUT2D eigenvalue weighted by atomic mass is 9.51. The van der Waals surface area contributed by atoms with E-state index in [4.69, 9.17) is 0 Å². The zero-order valence-electron chi connectivity index (χ0n) is 21.9. The summed E-state index contributed by atoms with van der Waals surface area (Å²) in [6.07, 6.45) is 32.4.